The monoisotopic (exact) mass is 305 g/mol. The summed E-state index contributed by atoms with van der Waals surface area (Å²) in [6.45, 7) is 11.3. The lowest BCUT2D eigenvalue weighted by molar-refractivity contribution is 0.263. The van der Waals surface area contributed by atoms with Crippen molar-refractivity contribution < 1.29 is 8.82 Å². The largest absolute Gasteiger partial charge is 0.411 e. The van der Waals surface area contributed by atoms with Crippen molar-refractivity contribution in [2.45, 2.75) is 45.5 Å². The van der Waals surface area contributed by atoms with Crippen LogP contribution in [-0.4, -0.2) is 20.7 Å². The Bertz CT molecular complexity index is 673. The van der Waals surface area contributed by atoms with E-state index < -0.39 is 8.32 Å². The Kier molecular flexibility index (Phi) is 4.11. The Morgan fingerprint density at radius 1 is 1.29 bits per heavy atom. The molecule has 0 N–H and O–H groups in total. The first-order chi connectivity index (χ1) is 9.54. The fourth-order valence-corrected chi connectivity index (χ4v) is 3.12. The summed E-state index contributed by atoms with van der Waals surface area (Å²) >= 11 is 0. The minimum Gasteiger partial charge on any atom is -0.411 e. The molecule has 0 aliphatic heterocycles. The van der Waals surface area contributed by atoms with Crippen LogP contribution in [0.25, 0.3) is 10.9 Å². The lowest BCUT2D eigenvalue weighted by Crippen LogP contribution is -2.40. The molecule has 1 heterocycles. The molecule has 21 heavy (non-hydrogen) atoms. The van der Waals surface area contributed by atoms with Gasteiger partial charge in [0, 0.05) is 12.4 Å². The summed E-state index contributed by atoms with van der Waals surface area (Å²) in [5, 5.41) is 0.816. The number of halogens is 1. The summed E-state index contributed by atoms with van der Waals surface area (Å²) in [4.78, 5) is 0. The van der Waals surface area contributed by atoms with E-state index in [1.54, 1.807) is 0 Å². The van der Waals surface area contributed by atoms with E-state index in [1.165, 1.54) is 0 Å². The van der Waals surface area contributed by atoms with E-state index in [0.717, 1.165) is 11.0 Å². The molecule has 0 unspecified atom stereocenters. The van der Waals surface area contributed by atoms with Crippen LogP contribution >= 0.6 is 0 Å². The summed E-state index contributed by atoms with van der Waals surface area (Å²) in [5.41, 5.74) is 2.64. The third kappa shape index (κ3) is 2.94. The highest BCUT2D eigenvalue weighted by atomic mass is 28.4. The molecule has 1 aromatic heterocycles. The zero-order chi connectivity index (χ0) is 16.0. The number of aromatic nitrogens is 1. The number of rotatable bonds is 3. The van der Waals surface area contributed by atoms with E-state index in [4.69, 9.17) is 4.43 Å². The van der Waals surface area contributed by atoms with Gasteiger partial charge in [-0.1, -0.05) is 38.4 Å². The van der Waals surface area contributed by atoms with E-state index in [0.29, 0.717) is 17.7 Å². The quantitative estimate of drug-likeness (QED) is 0.795. The highest BCUT2D eigenvalue weighted by Crippen LogP contribution is 2.37. The van der Waals surface area contributed by atoms with Crippen LogP contribution < -0.4 is 5.46 Å². The van der Waals surface area contributed by atoms with Crippen molar-refractivity contribution in [1.29, 1.82) is 0 Å². The maximum Gasteiger partial charge on any atom is 0.192 e. The van der Waals surface area contributed by atoms with Crippen LogP contribution in [0.4, 0.5) is 4.39 Å². The Balaban J connectivity index is 2.36. The second kappa shape index (κ2) is 5.29. The average Bonchev–Trinajstić information content (AvgIpc) is 2.58. The Morgan fingerprint density at radius 2 is 1.90 bits per heavy atom. The summed E-state index contributed by atoms with van der Waals surface area (Å²) in [5.74, 6) is -0.144. The number of aryl methyl sites for hydroxylation is 1. The molecule has 2 rings (SSSR count). The lowest BCUT2D eigenvalue weighted by atomic mass is 9.95. The second-order valence-corrected chi connectivity index (χ2v) is 12.2. The van der Waals surface area contributed by atoms with Gasteiger partial charge in [0.25, 0.3) is 0 Å². The minimum absolute atomic E-state index is 0.130. The number of benzene rings is 1. The van der Waals surface area contributed by atoms with Crippen molar-refractivity contribution in [2.24, 2.45) is 7.05 Å². The molecule has 114 valence electrons. The van der Waals surface area contributed by atoms with Crippen molar-refractivity contribution >= 4 is 32.5 Å². The molecule has 0 saturated heterocycles. The molecule has 0 radical (unpaired) electrons. The predicted molar refractivity (Wildman–Crippen MR) is 93.0 cm³/mol. The SMILES string of the molecule is Bc1ccc2c(c1)c(F)c(CO[Si](C)(C)C(C)(C)C)n2C. The van der Waals surface area contributed by atoms with Gasteiger partial charge in [-0.2, -0.15) is 0 Å². The highest BCUT2D eigenvalue weighted by Gasteiger charge is 2.37. The summed E-state index contributed by atoms with van der Waals surface area (Å²) < 4.78 is 22.7. The van der Waals surface area contributed by atoms with E-state index in [2.05, 4.69) is 33.9 Å². The van der Waals surface area contributed by atoms with Gasteiger partial charge in [0.15, 0.2) is 14.1 Å². The minimum atomic E-state index is -1.87. The van der Waals surface area contributed by atoms with Crippen LogP contribution in [0.5, 0.6) is 0 Å². The predicted octanol–water partition coefficient (Wildman–Crippen LogP) is 3.10. The summed E-state index contributed by atoms with van der Waals surface area (Å²) in [7, 11) is 2.02. The Morgan fingerprint density at radius 3 is 2.48 bits per heavy atom. The van der Waals surface area contributed by atoms with Gasteiger partial charge in [0.2, 0.25) is 0 Å². The van der Waals surface area contributed by atoms with Crippen LogP contribution in [0.3, 0.4) is 0 Å². The summed E-state index contributed by atoms with van der Waals surface area (Å²) in [6.07, 6.45) is 0. The molecule has 0 amide bonds. The maximum absolute atomic E-state index is 14.7. The van der Waals surface area contributed by atoms with Gasteiger partial charge < -0.3 is 8.99 Å². The molecule has 0 spiro atoms. The van der Waals surface area contributed by atoms with Crippen molar-refractivity contribution in [3.8, 4) is 0 Å². The highest BCUT2D eigenvalue weighted by molar-refractivity contribution is 6.74. The number of fused-ring (bicyclic) bond motifs is 1. The fourth-order valence-electron chi connectivity index (χ4n) is 2.19. The van der Waals surface area contributed by atoms with Gasteiger partial charge in [-0.25, -0.2) is 4.39 Å². The molecule has 0 aliphatic carbocycles. The van der Waals surface area contributed by atoms with Gasteiger partial charge in [-0.15, -0.1) is 0 Å². The van der Waals surface area contributed by atoms with Gasteiger partial charge in [0.1, 0.15) is 7.85 Å². The standard InChI is InChI=1S/C16H25BFNOSi/c1-16(2,3)21(5,6)20-10-14-15(18)12-9-11(17)7-8-13(12)19(14)4/h7-9H,10,17H2,1-6H3. The van der Waals surface area contributed by atoms with Crippen LogP contribution in [0, 0.1) is 5.82 Å². The normalized spacial score (nSPS) is 13.1. The van der Waals surface area contributed by atoms with Crippen molar-refractivity contribution in [2.75, 3.05) is 0 Å². The first kappa shape index (κ1) is 16.3. The Labute approximate surface area is 128 Å². The summed E-state index contributed by atoms with van der Waals surface area (Å²) in [6, 6.07) is 5.89. The maximum atomic E-state index is 14.7. The van der Waals surface area contributed by atoms with Gasteiger partial charge in [-0.3, -0.25) is 0 Å². The molecular formula is C16H25BFNOSi. The smallest absolute Gasteiger partial charge is 0.192 e. The molecule has 0 atom stereocenters. The first-order valence-corrected chi connectivity index (χ1v) is 10.3. The molecule has 2 nitrogen and oxygen atoms in total. The van der Waals surface area contributed by atoms with Gasteiger partial charge in [-0.05, 0) is 24.2 Å². The third-order valence-corrected chi connectivity index (χ3v) is 9.26. The molecule has 0 aliphatic rings. The zero-order valence-corrected chi connectivity index (χ0v) is 15.2. The molecule has 5 heteroatoms. The fraction of sp³-hybridized carbons (Fsp3) is 0.500. The van der Waals surface area contributed by atoms with Crippen LogP contribution in [-0.2, 0) is 18.1 Å². The van der Waals surface area contributed by atoms with Crippen LogP contribution in [0.15, 0.2) is 18.2 Å². The number of hydrogen-bond donors (Lipinski definition) is 0. The van der Waals surface area contributed by atoms with Crippen LogP contribution in [0.1, 0.15) is 26.5 Å². The van der Waals surface area contributed by atoms with Crippen LogP contribution in [0.2, 0.25) is 18.1 Å². The van der Waals surface area contributed by atoms with Crippen molar-refractivity contribution in [1.82, 2.24) is 4.57 Å². The van der Waals surface area contributed by atoms with Gasteiger partial charge >= 0.3 is 0 Å². The molecule has 2 aromatic rings. The molecule has 0 bridgehead atoms. The Hall–Kier alpha value is -1.07. The number of nitrogens with zero attached hydrogens (tertiary/aromatic N) is 1. The molecule has 1 aromatic carbocycles. The van der Waals surface area contributed by atoms with Crippen molar-refractivity contribution in [3.05, 3.63) is 29.7 Å². The zero-order valence-electron chi connectivity index (χ0n) is 14.2. The first-order valence-electron chi connectivity index (χ1n) is 7.42. The van der Waals surface area contributed by atoms with Crippen molar-refractivity contribution in [3.63, 3.8) is 0 Å². The average molecular weight is 305 g/mol. The molecule has 0 fully saturated rings. The second-order valence-electron chi connectivity index (χ2n) is 7.39. The molecule has 0 saturated carbocycles. The van der Waals surface area contributed by atoms with E-state index >= 15 is 0 Å². The third-order valence-electron chi connectivity index (χ3n) is 4.78. The molecular weight excluding hydrogens is 280 g/mol. The number of hydrogen-bond acceptors (Lipinski definition) is 1. The van der Waals surface area contributed by atoms with E-state index in [1.807, 2.05) is 37.7 Å². The topological polar surface area (TPSA) is 14.2 Å². The van der Waals surface area contributed by atoms with E-state index in [-0.39, 0.29) is 10.9 Å². The van der Waals surface area contributed by atoms with Gasteiger partial charge in [0.05, 0.1) is 17.8 Å². The van der Waals surface area contributed by atoms with E-state index in [9.17, 15) is 4.39 Å². The lowest BCUT2D eigenvalue weighted by Gasteiger charge is -2.36.